The first-order valence-corrected chi connectivity index (χ1v) is 12.1. The molecule has 34 heavy (non-hydrogen) atoms. The van der Waals surface area contributed by atoms with Crippen molar-refractivity contribution in [2.75, 3.05) is 26.3 Å². The Labute approximate surface area is 203 Å². The maximum absolute atomic E-state index is 13.5. The fourth-order valence-electron chi connectivity index (χ4n) is 3.89. The maximum Gasteiger partial charge on any atom is 0.240 e. The summed E-state index contributed by atoms with van der Waals surface area (Å²) in [4.78, 5) is 20.3. The van der Waals surface area contributed by atoms with Crippen LogP contribution in [0.3, 0.4) is 0 Å². The molecule has 1 aromatic heterocycles. The van der Waals surface area contributed by atoms with Gasteiger partial charge < -0.3 is 9.64 Å². The molecular weight excluding hydrogens is 444 g/mol. The van der Waals surface area contributed by atoms with Crippen molar-refractivity contribution in [2.24, 2.45) is 0 Å². The molecule has 0 spiro atoms. The van der Waals surface area contributed by atoms with Gasteiger partial charge in [0.05, 0.1) is 13.2 Å². The van der Waals surface area contributed by atoms with Gasteiger partial charge in [0.2, 0.25) is 11.1 Å². The Morgan fingerprint density at radius 1 is 0.765 bits per heavy atom. The summed E-state index contributed by atoms with van der Waals surface area (Å²) in [6.45, 7) is 2.29. The van der Waals surface area contributed by atoms with Gasteiger partial charge in [-0.3, -0.25) is 4.79 Å². The second-order valence-electron chi connectivity index (χ2n) is 7.87. The third-order valence-electron chi connectivity index (χ3n) is 5.63. The van der Waals surface area contributed by atoms with Gasteiger partial charge in [-0.25, -0.2) is 4.98 Å². The van der Waals surface area contributed by atoms with Crippen LogP contribution in [-0.4, -0.2) is 52.3 Å². The van der Waals surface area contributed by atoms with Gasteiger partial charge in [-0.2, -0.15) is 0 Å². The molecule has 0 saturated carbocycles. The molecule has 170 valence electrons. The number of benzene rings is 3. The molecule has 1 amide bonds. The lowest BCUT2D eigenvalue weighted by Gasteiger charge is -2.30. The Bertz CT molecular complexity index is 1230. The van der Waals surface area contributed by atoms with E-state index >= 15 is 0 Å². The van der Waals surface area contributed by atoms with Crippen LogP contribution in [0.1, 0.15) is 10.8 Å². The van der Waals surface area contributed by atoms with Crippen molar-refractivity contribution in [3.63, 3.8) is 0 Å². The zero-order valence-electron chi connectivity index (χ0n) is 18.6. The van der Waals surface area contributed by atoms with E-state index in [1.807, 2.05) is 95.9 Å². The SMILES string of the molecule is O=C([C@H](Sc1nnc(-c2ccccc2)c(-c2ccccc2)n1)c1ccccc1)N1CCOCC1. The van der Waals surface area contributed by atoms with Crippen LogP contribution in [0.5, 0.6) is 0 Å². The third kappa shape index (κ3) is 5.00. The molecule has 6 nitrogen and oxygen atoms in total. The minimum Gasteiger partial charge on any atom is -0.378 e. The molecule has 1 saturated heterocycles. The van der Waals surface area contributed by atoms with Crippen molar-refractivity contribution in [1.29, 1.82) is 0 Å². The standard InChI is InChI=1S/C27H24N4O2S/c32-26(31-16-18-33-19-17-31)25(22-14-8-3-9-15-22)34-27-28-23(20-10-4-1-5-11-20)24(29-30-27)21-12-6-2-7-13-21/h1-15,25H,16-19H2/t25-/m1/s1. The maximum atomic E-state index is 13.5. The van der Waals surface area contributed by atoms with Crippen LogP contribution in [0.2, 0.25) is 0 Å². The number of amides is 1. The largest absolute Gasteiger partial charge is 0.378 e. The first-order chi connectivity index (χ1) is 16.8. The molecule has 2 heterocycles. The zero-order valence-corrected chi connectivity index (χ0v) is 19.4. The highest BCUT2D eigenvalue weighted by Gasteiger charge is 2.29. The van der Waals surface area contributed by atoms with Crippen molar-refractivity contribution in [2.45, 2.75) is 10.4 Å². The van der Waals surface area contributed by atoms with Crippen LogP contribution in [0.15, 0.2) is 96.2 Å². The number of aromatic nitrogens is 3. The predicted molar refractivity (Wildman–Crippen MR) is 133 cm³/mol. The van der Waals surface area contributed by atoms with Crippen LogP contribution in [0.25, 0.3) is 22.5 Å². The van der Waals surface area contributed by atoms with E-state index in [9.17, 15) is 4.79 Å². The van der Waals surface area contributed by atoms with Crippen LogP contribution in [0, 0.1) is 0 Å². The molecule has 4 aromatic rings. The summed E-state index contributed by atoms with van der Waals surface area (Å²) in [5.41, 5.74) is 4.28. The molecule has 0 unspecified atom stereocenters. The smallest absolute Gasteiger partial charge is 0.240 e. The Morgan fingerprint density at radius 2 is 1.32 bits per heavy atom. The monoisotopic (exact) mass is 468 g/mol. The second kappa shape index (κ2) is 10.6. The normalized spacial score (nSPS) is 14.5. The van der Waals surface area contributed by atoms with E-state index in [1.54, 1.807) is 0 Å². The minimum absolute atomic E-state index is 0.0384. The summed E-state index contributed by atoms with van der Waals surface area (Å²) in [6, 6.07) is 29.7. The molecule has 1 aliphatic rings. The van der Waals surface area contributed by atoms with Crippen LogP contribution in [0.4, 0.5) is 0 Å². The van der Waals surface area contributed by atoms with E-state index in [0.29, 0.717) is 37.2 Å². The van der Waals surface area contributed by atoms with Gasteiger partial charge in [-0.1, -0.05) is 103 Å². The Morgan fingerprint density at radius 3 is 1.94 bits per heavy atom. The highest BCUT2D eigenvalue weighted by molar-refractivity contribution is 8.00. The van der Waals surface area contributed by atoms with Crippen molar-refractivity contribution in [3.05, 3.63) is 96.6 Å². The lowest BCUT2D eigenvalue weighted by Crippen LogP contribution is -2.42. The number of thioether (sulfide) groups is 1. The van der Waals surface area contributed by atoms with E-state index < -0.39 is 5.25 Å². The number of hydrogen-bond donors (Lipinski definition) is 0. The molecule has 1 aliphatic heterocycles. The van der Waals surface area contributed by atoms with Gasteiger partial charge in [0, 0.05) is 24.2 Å². The molecule has 0 radical (unpaired) electrons. The van der Waals surface area contributed by atoms with Gasteiger partial charge in [0.25, 0.3) is 0 Å². The van der Waals surface area contributed by atoms with E-state index in [-0.39, 0.29) is 5.91 Å². The predicted octanol–water partition coefficient (Wildman–Crippen LogP) is 4.90. The molecular formula is C27H24N4O2S. The van der Waals surface area contributed by atoms with Crippen molar-refractivity contribution in [3.8, 4) is 22.5 Å². The summed E-state index contributed by atoms with van der Waals surface area (Å²) < 4.78 is 5.44. The fourth-order valence-corrected chi connectivity index (χ4v) is 4.88. The van der Waals surface area contributed by atoms with Crippen LogP contribution < -0.4 is 0 Å². The van der Waals surface area contributed by atoms with Gasteiger partial charge >= 0.3 is 0 Å². The Hall–Kier alpha value is -3.55. The number of rotatable bonds is 6. The topological polar surface area (TPSA) is 68.2 Å². The van der Waals surface area contributed by atoms with Gasteiger partial charge in [-0.05, 0) is 5.56 Å². The molecule has 5 rings (SSSR count). The molecule has 0 aliphatic carbocycles. The number of ether oxygens (including phenoxy) is 1. The van der Waals surface area contributed by atoms with E-state index in [0.717, 1.165) is 22.4 Å². The Kier molecular flexibility index (Phi) is 6.93. The Balaban J connectivity index is 1.53. The number of morpholine rings is 1. The number of nitrogens with zero attached hydrogens (tertiary/aromatic N) is 4. The summed E-state index contributed by atoms with van der Waals surface area (Å²) in [5, 5.41) is 9.01. The number of carbonyl (C=O) groups is 1. The summed E-state index contributed by atoms with van der Waals surface area (Å²) in [7, 11) is 0. The van der Waals surface area contributed by atoms with Gasteiger partial charge in [0.1, 0.15) is 16.6 Å². The minimum atomic E-state index is -0.465. The second-order valence-corrected chi connectivity index (χ2v) is 8.94. The quantitative estimate of drug-likeness (QED) is 0.375. The average Bonchev–Trinajstić information content (AvgIpc) is 2.93. The summed E-state index contributed by atoms with van der Waals surface area (Å²) in [5.74, 6) is 0.0384. The van der Waals surface area contributed by atoms with Crippen LogP contribution >= 0.6 is 11.8 Å². The summed E-state index contributed by atoms with van der Waals surface area (Å²) >= 11 is 1.34. The number of carbonyl (C=O) groups excluding carboxylic acids is 1. The molecule has 1 atom stereocenters. The van der Waals surface area contributed by atoms with Crippen molar-refractivity contribution in [1.82, 2.24) is 20.1 Å². The highest BCUT2D eigenvalue weighted by atomic mass is 32.2. The molecule has 0 N–H and O–H groups in total. The van der Waals surface area contributed by atoms with Crippen molar-refractivity contribution < 1.29 is 9.53 Å². The molecule has 7 heteroatoms. The van der Waals surface area contributed by atoms with Gasteiger partial charge in [-0.15, -0.1) is 10.2 Å². The lowest BCUT2D eigenvalue weighted by atomic mass is 10.0. The van der Waals surface area contributed by atoms with E-state index in [2.05, 4.69) is 10.2 Å². The van der Waals surface area contributed by atoms with E-state index in [1.165, 1.54) is 11.8 Å². The van der Waals surface area contributed by atoms with Gasteiger partial charge in [0.15, 0.2) is 0 Å². The first kappa shape index (κ1) is 22.3. The first-order valence-electron chi connectivity index (χ1n) is 11.2. The highest BCUT2D eigenvalue weighted by Crippen LogP contribution is 2.37. The fraction of sp³-hybridized carbons (Fsp3) is 0.185. The van der Waals surface area contributed by atoms with Crippen LogP contribution in [-0.2, 0) is 9.53 Å². The zero-order chi connectivity index (χ0) is 23.2. The van der Waals surface area contributed by atoms with Crippen molar-refractivity contribution >= 4 is 17.7 Å². The van der Waals surface area contributed by atoms with E-state index in [4.69, 9.17) is 9.72 Å². The molecule has 3 aromatic carbocycles. The number of hydrogen-bond acceptors (Lipinski definition) is 6. The summed E-state index contributed by atoms with van der Waals surface area (Å²) in [6.07, 6.45) is 0. The lowest BCUT2D eigenvalue weighted by molar-refractivity contribution is -0.134. The average molecular weight is 469 g/mol. The third-order valence-corrected chi connectivity index (χ3v) is 6.73. The molecule has 0 bridgehead atoms. The molecule has 1 fully saturated rings.